The Bertz CT molecular complexity index is 338. The minimum absolute atomic E-state index is 0.441. The number of rotatable bonds is 5. The van der Waals surface area contributed by atoms with E-state index in [0.29, 0.717) is 13.0 Å². The molecule has 5 nitrogen and oxygen atoms in total. The fourth-order valence-electron chi connectivity index (χ4n) is 1.10. The number of carboxylic acids is 1. The van der Waals surface area contributed by atoms with Crippen LogP contribution >= 0.6 is 0 Å². The van der Waals surface area contributed by atoms with E-state index >= 15 is 0 Å². The molecule has 0 aliphatic carbocycles. The summed E-state index contributed by atoms with van der Waals surface area (Å²) in [7, 11) is 0. The number of carboxylic acid groups (broad SMARTS) is 1. The zero-order valence-corrected chi connectivity index (χ0v) is 8.14. The molecule has 0 unspecified atom stereocenters. The number of carbonyl (C=O) groups excluding carboxylic acids is 1. The van der Waals surface area contributed by atoms with E-state index in [0.717, 1.165) is 5.56 Å². The second-order valence-corrected chi connectivity index (χ2v) is 3.03. The lowest BCUT2D eigenvalue weighted by atomic mass is 10.2. The van der Waals surface area contributed by atoms with Gasteiger partial charge in [0.15, 0.2) is 0 Å². The number of aliphatic carboxylic acids is 1. The normalized spacial score (nSPS) is 9.60. The Morgan fingerprint density at radius 3 is 2.60 bits per heavy atom. The summed E-state index contributed by atoms with van der Waals surface area (Å²) in [6, 6.07) is 3.70. The molecule has 0 saturated heterocycles. The quantitative estimate of drug-likeness (QED) is 0.678. The SMILES string of the molecule is O=C(O)CC(=O)NCCc1ccncc1. The zero-order chi connectivity index (χ0) is 11.1. The maximum Gasteiger partial charge on any atom is 0.312 e. The molecule has 1 amide bonds. The third kappa shape index (κ3) is 4.75. The van der Waals surface area contributed by atoms with E-state index in [4.69, 9.17) is 5.11 Å². The third-order valence-corrected chi connectivity index (χ3v) is 1.80. The van der Waals surface area contributed by atoms with Gasteiger partial charge in [-0.25, -0.2) is 0 Å². The topological polar surface area (TPSA) is 79.3 Å². The van der Waals surface area contributed by atoms with Gasteiger partial charge < -0.3 is 10.4 Å². The Hall–Kier alpha value is -1.91. The van der Waals surface area contributed by atoms with E-state index in [1.807, 2.05) is 12.1 Å². The number of carbonyl (C=O) groups is 2. The van der Waals surface area contributed by atoms with E-state index in [2.05, 4.69) is 10.3 Å². The Morgan fingerprint density at radius 2 is 2.00 bits per heavy atom. The van der Waals surface area contributed by atoms with Crippen molar-refractivity contribution in [1.29, 1.82) is 0 Å². The van der Waals surface area contributed by atoms with Crippen LogP contribution in [0, 0.1) is 0 Å². The van der Waals surface area contributed by atoms with Crippen molar-refractivity contribution < 1.29 is 14.7 Å². The first-order valence-electron chi connectivity index (χ1n) is 4.56. The van der Waals surface area contributed by atoms with Crippen LogP contribution < -0.4 is 5.32 Å². The lowest BCUT2D eigenvalue weighted by Gasteiger charge is -2.02. The highest BCUT2D eigenvalue weighted by Gasteiger charge is 2.05. The minimum Gasteiger partial charge on any atom is -0.481 e. The summed E-state index contributed by atoms with van der Waals surface area (Å²) < 4.78 is 0. The summed E-state index contributed by atoms with van der Waals surface area (Å²) in [4.78, 5) is 25.0. The largest absolute Gasteiger partial charge is 0.481 e. The van der Waals surface area contributed by atoms with E-state index in [1.54, 1.807) is 12.4 Å². The summed E-state index contributed by atoms with van der Waals surface area (Å²) in [5.74, 6) is -1.58. The van der Waals surface area contributed by atoms with Crippen LogP contribution in [0.3, 0.4) is 0 Å². The van der Waals surface area contributed by atoms with E-state index in [9.17, 15) is 9.59 Å². The van der Waals surface area contributed by atoms with Crippen molar-refractivity contribution in [2.75, 3.05) is 6.54 Å². The van der Waals surface area contributed by atoms with E-state index in [1.165, 1.54) is 0 Å². The van der Waals surface area contributed by atoms with Crippen LogP contribution in [0.1, 0.15) is 12.0 Å². The molecule has 1 heterocycles. The van der Waals surface area contributed by atoms with Crippen LogP contribution in [0.15, 0.2) is 24.5 Å². The monoisotopic (exact) mass is 208 g/mol. The van der Waals surface area contributed by atoms with Gasteiger partial charge in [0, 0.05) is 18.9 Å². The molecule has 80 valence electrons. The first-order chi connectivity index (χ1) is 7.18. The van der Waals surface area contributed by atoms with Crippen molar-refractivity contribution in [3.05, 3.63) is 30.1 Å². The van der Waals surface area contributed by atoms with Crippen LogP contribution in [0.2, 0.25) is 0 Å². The highest BCUT2D eigenvalue weighted by atomic mass is 16.4. The van der Waals surface area contributed by atoms with Gasteiger partial charge in [-0.3, -0.25) is 14.6 Å². The maximum atomic E-state index is 10.9. The summed E-state index contributed by atoms with van der Waals surface area (Å²) in [6.07, 6.45) is 3.55. The molecule has 0 aliphatic heterocycles. The molecular weight excluding hydrogens is 196 g/mol. The van der Waals surface area contributed by atoms with Crippen LogP contribution in [-0.4, -0.2) is 28.5 Å². The molecule has 0 fully saturated rings. The van der Waals surface area contributed by atoms with Gasteiger partial charge in [0.1, 0.15) is 6.42 Å². The Labute approximate surface area is 87.1 Å². The Morgan fingerprint density at radius 1 is 1.33 bits per heavy atom. The van der Waals surface area contributed by atoms with Gasteiger partial charge in [-0.1, -0.05) is 0 Å². The van der Waals surface area contributed by atoms with Crippen molar-refractivity contribution in [2.24, 2.45) is 0 Å². The van der Waals surface area contributed by atoms with Gasteiger partial charge in [-0.05, 0) is 24.1 Å². The maximum absolute atomic E-state index is 10.9. The fraction of sp³-hybridized carbons (Fsp3) is 0.300. The summed E-state index contributed by atoms with van der Waals surface area (Å²) in [6.45, 7) is 0.441. The molecule has 1 aromatic rings. The van der Waals surface area contributed by atoms with Crippen molar-refractivity contribution in [3.63, 3.8) is 0 Å². The second-order valence-electron chi connectivity index (χ2n) is 3.03. The standard InChI is InChI=1S/C10H12N2O3/c13-9(7-10(14)15)12-6-3-8-1-4-11-5-2-8/h1-2,4-5H,3,6-7H2,(H,12,13)(H,14,15). The Balaban J connectivity index is 2.22. The average molecular weight is 208 g/mol. The molecule has 5 heteroatoms. The van der Waals surface area contributed by atoms with Crippen LogP contribution in [0.4, 0.5) is 0 Å². The number of hydrogen-bond acceptors (Lipinski definition) is 3. The molecule has 0 saturated carbocycles. The third-order valence-electron chi connectivity index (χ3n) is 1.80. The lowest BCUT2D eigenvalue weighted by molar-refractivity contribution is -0.140. The summed E-state index contributed by atoms with van der Waals surface area (Å²) in [5, 5.41) is 10.9. The molecule has 0 atom stereocenters. The number of hydrogen-bond donors (Lipinski definition) is 2. The van der Waals surface area contributed by atoms with Crippen molar-refractivity contribution in [3.8, 4) is 0 Å². The average Bonchev–Trinajstić information content (AvgIpc) is 2.18. The smallest absolute Gasteiger partial charge is 0.312 e. The van der Waals surface area contributed by atoms with Gasteiger partial charge >= 0.3 is 5.97 Å². The minimum atomic E-state index is -1.11. The zero-order valence-electron chi connectivity index (χ0n) is 8.14. The second kappa shape index (κ2) is 5.74. The predicted octanol–water partition coefficient (Wildman–Crippen LogP) is 0.215. The van der Waals surface area contributed by atoms with E-state index in [-0.39, 0.29) is 0 Å². The number of aromatic nitrogens is 1. The van der Waals surface area contributed by atoms with Gasteiger partial charge in [-0.2, -0.15) is 0 Å². The van der Waals surface area contributed by atoms with Gasteiger partial charge in [0.2, 0.25) is 5.91 Å². The molecule has 15 heavy (non-hydrogen) atoms. The number of nitrogens with one attached hydrogen (secondary N) is 1. The molecule has 1 rings (SSSR count). The predicted molar refractivity (Wildman–Crippen MR) is 53.2 cm³/mol. The summed E-state index contributed by atoms with van der Waals surface area (Å²) in [5.41, 5.74) is 1.06. The number of nitrogens with zero attached hydrogens (tertiary/aromatic N) is 1. The van der Waals surface area contributed by atoms with E-state index < -0.39 is 18.3 Å². The lowest BCUT2D eigenvalue weighted by Crippen LogP contribution is -2.27. The molecule has 0 bridgehead atoms. The van der Waals surface area contributed by atoms with Crippen LogP contribution in [0.5, 0.6) is 0 Å². The molecule has 2 N–H and O–H groups in total. The van der Waals surface area contributed by atoms with Gasteiger partial charge in [0.25, 0.3) is 0 Å². The molecular formula is C10H12N2O3. The summed E-state index contributed by atoms with van der Waals surface area (Å²) >= 11 is 0. The van der Waals surface area contributed by atoms with Crippen LogP contribution in [0.25, 0.3) is 0 Å². The highest BCUT2D eigenvalue weighted by Crippen LogP contribution is 1.95. The van der Waals surface area contributed by atoms with Gasteiger partial charge in [-0.15, -0.1) is 0 Å². The molecule has 0 aliphatic rings. The Kier molecular flexibility index (Phi) is 4.28. The van der Waals surface area contributed by atoms with Gasteiger partial charge in [0.05, 0.1) is 0 Å². The fourth-order valence-corrected chi connectivity index (χ4v) is 1.10. The highest BCUT2D eigenvalue weighted by molar-refractivity contribution is 5.93. The van der Waals surface area contributed by atoms with Crippen molar-refractivity contribution in [1.82, 2.24) is 10.3 Å². The molecule has 1 aromatic heterocycles. The number of amides is 1. The van der Waals surface area contributed by atoms with Crippen LogP contribution in [-0.2, 0) is 16.0 Å². The first-order valence-corrected chi connectivity index (χ1v) is 4.56. The molecule has 0 spiro atoms. The first kappa shape index (κ1) is 11.2. The number of pyridine rings is 1. The van der Waals surface area contributed by atoms with Crippen molar-refractivity contribution >= 4 is 11.9 Å². The molecule has 0 radical (unpaired) electrons. The van der Waals surface area contributed by atoms with Crippen molar-refractivity contribution in [2.45, 2.75) is 12.8 Å². The molecule has 0 aromatic carbocycles.